The number of amides is 2. The number of aliphatic hydroxyl groups is 2. The normalized spacial score (nSPS) is 42.0. The summed E-state index contributed by atoms with van der Waals surface area (Å²) in [5.41, 5.74) is 3.48. The van der Waals surface area contributed by atoms with E-state index < -0.39 is 41.6 Å². The zero-order valence-corrected chi connectivity index (χ0v) is 32.5. The quantitative estimate of drug-likeness (QED) is 0.221. The average molecular weight is 747 g/mol. The fraction of sp³-hybridized carbons (Fsp3) is 0.628. The van der Waals surface area contributed by atoms with Crippen LogP contribution in [0.1, 0.15) is 84.3 Å². The van der Waals surface area contributed by atoms with Crippen LogP contribution in [0.2, 0.25) is 0 Å². The van der Waals surface area contributed by atoms with Gasteiger partial charge in [0.1, 0.15) is 29.8 Å². The van der Waals surface area contributed by atoms with Crippen LogP contribution in [0.15, 0.2) is 65.3 Å². The Morgan fingerprint density at radius 2 is 1.89 bits per heavy atom. The molecule has 2 amide bonds. The van der Waals surface area contributed by atoms with E-state index in [0.29, 0.717) is 42.7 Å². The smallest absolute Gasteiger partial charge is 0.318 e. The number of esters is 1. The van der Waals surface area contributed by atoms with Gasteiger partial charge in [-0.1, -0.05) is 57.2 Å². The maximum atomic E-state index is 14.2. The van der Waals surface area contributed by atoms with Crippen LogP contribution in [0.5, 0.6) is 0 Å². The van der Waals surface area contributed by atoms with E-state index in [2.05, 4.69) is 56.5 Å². The number of hydrogen-bond donors (Lipinski definition) is 4. The molecule has 12 atom stereocenters. The van der Waals surface area contributed by atoms with Gasteiger partial charge in [0, 0.05) is 37.9 Å². The number of nitrogens with one attached hydrogen (secondary N) is 2. The zero-order valence-electron chi connectivity index (χ0n) is 32.5. The van der Waals surface area contributed by atoms with E-state index in [1.165, 1.54) is 5.56 Å². The van der Waals surface area contributed by atoms with Gasteiger partial charge in [0.25, 0.3) is 0 Å². The second kappa shape index (κ2) is 15.7. The molecule has 1 spiro atoms. The van der Waals surface area contributed by atoms with E-state index in [1.54, 1.807) is 20.0 Å². The standard InChI is InChI=1S/C43H58N2O9/c1-7-36-24(2)15-16-42(54-36)22-34-21-32(53-42)14-11-26(4)38(51-33-19-28-12-13-31(18-29(28)20-33)45-41(48)44-6)25(3)9-8-10-30-23-50-39-37(46)27(5)17-35(40(47)52-34)43(30,39)49/h8-13,17-18,24-25,32-39,46,49H,7,14-16,19-23H2,1-6H3,(H2,44,45,48)/b9-8+,26-11+,30-10+/t24-,25-,32+,33-,34-,35-,36+,37+,38+,39+,42+,43+/m0/s1. The van der Waals surface area contributed by atoms with E-state index in [-0.39, 0.29) is 43.0 Å². The van der Waals surface area contributed by atoms with E-state index >= 15 is 0 Å². The molecule has 2 bridgehead atoms. The maximum Gasteiger partial charge on any atom is 0.318 e. The zero-order chi connectivity index (χ0) is 38.4. The Bertz CT molecular complexity index is 1720. The van der Waals surface area contributed by atoms with E-state index in [9.17, 15) is 19.8 Å². The van der Waals surface area contributed by atoms with E-state index in [1.807, 2.05) is 24.3 Å². The van der Waals surface area contributed by atoms with Crippen molar-refractivity contribution in [3.05, 3.63) is 76.4 Å². The number of ether oxygens (including phenoxy) is 5. The molecule has 1 aromatic rings. The predicted molar refractivity (Wildman–Crippen MR) is 204 cm³/mol. The molecule has 3 saturated heterocycles. The summed E-state index contributed by atoms with van der Waals surface area (Å²) in [4.78, 5) is 26.1. The minimum Gasteiger partial charge on any atom is -0.462 e. The monoisotopic (exact) mass is 746 g/mol. The molecule has 1 aromatic carbocycles. The lowest BCUT2D eigenvalue weighted by Crippen LogP contribution is -2.58. The van der Waals surface area contributed by atoms with Crippen LogP contribution in [0, 0.1) is 17.8 Å². The first-order valence-electron chi connectivity index (χ1n) is 19.9. The summed E-state index contributed by atoms with van der Waals surface area (Å²) in [5.74, 6) is -2.14. The molecule has 0 saturated carbocycles. The van der Waals surface area contributed by atoms with Crippen molar-refractivity contribution in [2.75, 3.05) is 19.0 Å². The summed E-state index contributed by atoms with van der Waals surface area (Å²) < 4.78 is 33.0. The number of anilines is 1. The van der Waals surface area contributed by atoms with Gasteiger partial charge >= 0.3 is 12.0 Å². The van der Waals surface area contributed by atoms with Crippen molar-refractivity contribution in [2.24, 2.45) is 17.8 Å². The third-order valence-electron chi connectivity index (χ3n) is 12.7. The molecule has 11 heteroatoms. The van der Waals surface area contributed by atoms with Gasteiger partial charge in [-0.2, -0.15) is 0 Å². The van der Waals surface area contributed by atoms with Crippen molar-refractivity contribution in [1.29, 1.82) is 0 Å². The van der Waals surface area contributed by atoms with Crippen molar-refractivity contribution in [3.8, 4) is 0 Å². The second-order valence-corrected chi connectivity index (χ2v) is 16.5. The van der Waals surface area contributed by atoms with Crippen molar-refractivity contribution in [1.82, 2.24) is 5.32 Å². The summed E-state index contributed by atoms with van der Waals surface area (Å²) >= 11 is 0. The number of hydrogen-bond acceptors (Lipinski definition) is 9. The summed E-state index contributed by atoms with van der Waals surface area (Å²) in [6.45, 7) is 10.4. The van der Waals surface area contributed by atoms with Crippen LogP contribution in [0.3, 0.4) is 0 Å². The predicted octanol–water partition coefficient (Wildman–Crippen LogP) is 5.84. The molecule has 6 aliphatic rings. The Kier molecular flexibility index (Phi) is 11.3. The van der Waals surface area contributed by atoms with Gasteiger partial charge in [-0.3, -0.25) is 4.79 Å². The number of fused-ring (bicyclic) bond motifs is 3. The fourth-order valence-electron chi connectivity index (χ4n) is 9.55. The molecule has 0 radical (unpaired) electrons. The molecule has 7 rings (SSSR count). The second-order valence-electron chi connectivity index (χ2n) is 16.5. The molecule has 4 heterocycles. The van der Waals surface area contributed by atoms with Gasteiger partial charge in [-0.05, 0) is 91.8 Å². The number of rotatable bonds is 4. The average Bonchev–Trinajstić information content (AvgIpc) is 3.71. The first kappa shape index (κ1) is 38.9. The highest BCUT2D eigenvalue weighted by atomic mass is 16.7. The van der Waals surface area contributed by atoms with Crippen LogP contribution in [0.25, 0.3) is 0 Å². The van der Waals surface area contributed by atoms with Gasteiger partial charge in [0.2, 0.25) is 0 Å². The number of allylic oxidation sites excluding steroid dienone is 2. The van der Waals surface area contributed by atoms with Crippen molar-refractivity contribution >= 4 is 17.7 Å². The van der Waals surface area contributed by atoms with Crippen molar-refractivity contribution < 1.29 is 43.5 Å². The highest BCUT2D eigenvalue weighted by molar-refractivity contribution is 5.89. The lowest BCUT2D eigenvalue weighted by atomic mass is 9.71. The molecular formula is C43H58N2O9. The van der Waals surface area contributed by atoms with Crippen LogP contribution in [-0.2, 0) is 41.3 Å². The van der Waals surface area contributed by atoms with Gasteiger partial charge in [-0.25, -0.2) is 4.79 Å². The van der Waals surface area contributed by atoms with Crippen LogP contribution in [-0.4, -0.2) is 90.0 Å². The Morgan fingerprint density at radius 3 is 2.67 bits per heavy atom. The Balaban J connectivity index is 1.21. The molecule has 11 nitrogen and oxygen atoms in total. The lowest BCUT2D eigenvalue weighted by Gasteiger charge is -2.50. The number of carbonyl (C=O) groups excluding carboxylic acids is 2. The SMILES string of the molecule is CC[C@H]1O[C@]2(CC[C@@H]1C)C[C@@H]1C[C@@H](C/C=C(\C)[C@H](O[C@H]3Cc4ccc(NC(=O)NC)cc4C3)[C@@H](C)/C=C/C=C3\CO[C@@H]4[C@H](O)C(C)=C[C@@H](C(=O)O1)[C@]34O)O2. The summed E-state index contributed by atoms with van der Waals surface area (Å²) in [6.07, 6.45) is 12.0. The number of urea groups is 1. The summed E-state index contributed by atoms with van der Waals surface area (Å²) in [7, 11) is 1.59. The van der Waals surface area contributed by atoms with Gasteiger partial charge in [0.15, 0.2) is 5.79 Å². The van der Waals surface area contributed by atoms with Crippen molar-refractivity contribution in [2.45, 2.75) is 140 Å². The number of benzene rings is 1. The number of carbonyl (C=O) groups is 2. The highest BCUT2D eigenvalue weighted by Gasteiger charge is 2.60. The third-order valence-corrected chi connectivity index (χ3v) is 12.7. The van der Waals surface area contributed by atoms with Gasteiger partial charge in [-0.15, -0.1) is 0 Å². The van der Waals surface area contributed by atoms with Crippen LogP contribution in [0.4, 0.5) is 10.5 Å². The molecular weight excluding hydrogens is 688 g/mol. The van der Waals surface area contributed by atoms with Crippen LogP contribution < -0.4 is 10.6 Å². The molecule has 4 N–H and O–H groups in total. The van der Waals surface area contributed by atoms with E-state index in [4.69, 9.17) is 23.7 Å². The Hall–Kier alpha value is -3.32. The highest BCUT2D eigenvalue weighted by Crippen LogP contribution is 2.47. The number of aliphatic hydroxyl groups excluding tert-OH is 1. The molecule has 3 fully saturated rings. The first-order chi connectivity index (χ1) is 25.8. The van der Waals surface area contributed by atoms with Gasteiger partial charge < -0.3 is 44.5 Å². The van der Waals surface area contributed by atoms with Gasteiger partial charge in [0.05, 0.1) is 31.0 Å². The largest absolute Gasteiger partial charge is 0.462 e. The lowest BCUT2D eigenvalue weighted by molar-refractivity contribution is -0.335. The summed E-state index contributed by atoms with van der Waals surface area (Å²) in [5, 5.41) is 29.0. The molecule has 2 aliphatic carbocycles. The third kappa shape index (κ3) is 7.60. The minimum atomic E-state index is -1.78. The molecule has 0 aromatic heterocycles. The van der Waals surface area contributed by atoms with Crippen LogP contribution >= 0.6 is 0 Å². The Labute approximate surface area is 319 Å². The minimum absolute atomic E-state index is 0.0378. The molecule has 0 unspecified atom stereocenters. The molecule has 4 aliphatic heterocycles. The first-order valence-corrected chi connectivity index (χ1v) is 19.9. The van der Waals surface area contributed by atoms with E-state index in [0.717, 1.165) is 42.5 Å². The molecule has 54 heavy (non-hydrogen) atoms. The van der Waals surface area contributed by atoms with Crippen molar-refractivity contribution in [3.63, 3.8) is 0 Å². The molecule has 294 valence electrons. The topological polar surface area (TPSA) is 145 Å². The maximum absolute atomic E-state index is 14.2. The fourth-order valence-corrected chi connectivity index (χ4v) is 9.55. The summed E-state index contributed by atoms with van der Waals surface area (Å²) in [6, 6.07) is 5.75. The Morgan fingerprint density at radius 1 is 1.09 bits per heavy atom.